The van der Waals surface area contributed by atoms with E-state index in [0.717, 1.165) is 0 Å². The number of carboxylic acids is 1. The SMILES string of the molecule is O=C(O)c1nc[nH]n1.[Cu]. The Labute approximate surface area is 61.0 Å². The molecule has 0 saturated heterocycles. The first-order valence-corrected chi connectivity index (χ1v) is 1.90. The summed E-state index contributed by atoms with van der Waals surface area (Å²) < 4.78 is 0. The topological polar surface area (TPSA) is 78.9 Å². The molecule has 1 radical (unpaired) electrons. The van der Waals surface area contributed by atoms with Crippen molar-refractivity contribution in [3.05, 3.63) is 12.2 Å². The van der Waals surface area contributed by atoms with E-state index in [9.17, 15) is 4.79 Å². The fraction of sp³-hybridized carbons (Fsp3) is 0. The Morgan fingerprint density at radius 1 is 1.78 bits per heavy atom. The maximum atomic E-state index is 9.92. The number of carbonyl (C=O) groups is 1. The summed E-state index contributed by atoms with van der Waals surface area (Å²) in [5.41, 5.74) is 0. The third-order valence-corrected chi connectivity index (χ3v) is 0.606. The van der Waals surface area contributed by atoms with Crippen molar-refractivity contribution in [1.29, 1.82) is 0 Å². The van der Waals surface area contributed by atoms with Crippen LogP contribution in [-0.4, -0.2) is 26.3 Å². The quantitative estimate of drug-likeness (QED) is 0.566. The summed E-state index contributed by atoms with van der Waals surface area (Å²) in [6, 6.07) is 0. The molecular weight excluding hydrogens is 174 g/mol. The van der Waals surface area contributed by atoms with Crippen LogP contribution in [0, 0.1) is 0 Å². The van der Waals surface area contributed by atoms with Gasteiger partial charge in [0.05, 0.1) is 0 Å². The van der Waals surface area contributed by atoms with Crippen LogP contribution in [-0.2, 0) is 17.1 Å². The van der Waals surface area contributed by atoms with Crippen LogP contribution in [0.5, 0.6) is 0 Å². The molecule has 0 aliphatic carbocycles. The number of rotatable bonds is 1. The van der Waals surface area contributed by atoms with Gasteiger partial charge in [-0.2, -0.15) is 0 Å². The molecule has 0 fully saturated rings. The summed E-state index contributed by atoms with van der Waals surface area (Å²) in [6.45, 7) is 0. The molecular formula is C3H3CuN3O2. The molecule has 0 bridgehead atoms. The average Bonchev–Trinajstić information content (AvgIpc) is 2.12. The van der Waals surface area contributed by atoms with E-state index >= 15 is 0 Å². The Morgan fingerprint density at radius 3 is 2.67 bits per heavy atom. The fourth-order valence-corrected chi connectivity index (χ4v) is 0.312. The minimum Gasteiger partial charge on any atom is -0.475 e. The number of nitrogens with zero attached hydrogens (tertiary/aromatic N) is 2. The number of aromatic nitrogens is 3. The second kappa shape index (κ2) is 3.21. The normalized spacial score (nSPS) is 8.00. The first kappa shape index (κ1) is 8.13. The van der Waals surface area contributed by atoms with Crippen molar-refractivity contribution in [3.63, 3.8) is 0 Å². The fourth-order valence-electron chi connectivity index (χ4n) is 0.312. The Morgan fingerprint density at radius 2 is 2.44 bits per heavy atom. The Hall–Kier alpha value is -0.871. The van der Waals surface area contributed by atoms with Crippen molar-refractivity contribution in [3.8, 4) is 0 Å². The summed E-state index contributed by atoms with van der Waals surface area (Å²) in [6.07, 6.45) is 1.21. The van der Waals surface area contributed by atoms with Gasteiger partial charge in [0.2, 0.25) is 0 Å². The Bertz CT molecular complexity index is 185. The molecule has 1 heterocycles. The van der Waals surface area contributed by atoms with Crippen LogP contribution in [0.1, 0.15) is 10.6 Å². The van der Waals surface area contributed by atoms with E-state index < -0.39 is 5.97 Å². The predicted octanol–water partition coefficient (Wildman–Crippen LogP) is -0.500. The zero-order valence-corrected chi connectivity index (χ0v) is 5.07. The largest absolute Gasteiger partial charge is 0.475 e. The molecule has 53 valence electrons. The minimum atomic E-state index is -1.12. The second-order valence-corrected chi connectivity index (χ2v) is 1.13. The van der Waals surface area contributed by atoms with E-state index in [0.29, 0.717) is 0 Å². The van der Waals surface area contributed by atoms with Gasteiger partial charge in [0.25, 0.3) is 5.82 Å². The number of carboxylic acid groups (broad SMARTS) is 1. The molecule has 1 aromatic rings. The van der Waals surface area contributed by atoms with Crippen LogP contribution >= 0.6 is 0 Å². The Kier molecular flexibility index (Phi) is 2.90. The number of aromatic carboxylic acids is 1. The van der Waals surface area contributed by atoms with Crippen molar-refractivity contribution in [2.45, 2.75) is 0 Å². The summed E-state index contributed by atoms with van der Waals surface area (Å²) in [5, 5.41) is 13.7. The average molecular weight is 177 g/mol. The monoisotopic (exact) mass is 176 g/mol. The van der Waals surface area contributed by atoms with Crippen LogP contribution in [0.3, 0.4) is 0 Å². The smallest absolute Gasteiger partial charge is 0.375 e. The minimum absolute atomic E-state index is 0. The van der Waals surface area contributed by atoms with E-state index in [-0.39, 0.29) is 22.9 Å². The van der Waals surface area contributed by atoms with Crippen molar-refractivity contribution in [2.24, 2.45) is 0 Å². The third-order valence-electron chi connectivity index (χ3n) is 0.606. The van der Waals surface area contributed by atoms with E-state index in [1.165, 1.54) is 6.33 Å². The molecule has 6 heteroatoms. The van der Waals surface area contributed by atoms with Gasteiger partial charge in [0, 0.05) is 17.1 Å². The molecule has 0 unspecified atom stereocenters. The maximum absolute atomic E-state index is 9.92. The number of hydrogen-bond donors (Lipinski definition) is 2. The molecule has 1 rings (SSSR count). The number of H-pyrrole nitrogens is 1. The van der Waals surface area contributed by atoms with Gasteiger partial charge in [-0.3, -0.25) is 5.10 Å². The molecule has 0 atom stereocenters. The summed E-state index contributed by atoms with van der Waals surface area (Å²) in [5.74, 6) is -1.32. The number of nitrogens with one attached hydrogen (secondary N) is 1. The van der Waals surface area contributed by atoms with Crippen LogP contribution in [0.15, 0.2) is 6.33 Å². The third kappa shape index (κ3) is 1.83. The van der Waals surface area contributed by atoms with E-state index in [1.54, 1.807) is 0 Å². The molecule has 0 spiro atoms. The van der Waals surface area contributed by atoms with Crippen molar-refractivity contribution in [1.82, 2.24) is 15.2 Å². The van der Waals surface area contributed by atoms with Gasteiger partial charge in [0.1, 0.15) is 6.33 Å². The van der Waals surface area contributed by atoms with Crippen LogP contribution < -0.4 is 0 Å². The zero-order chi connectivity index (χ0) is 5.98. The van der Waals surface area contributed by atoms with Gasteiger partial charge in [-0.15, -0.1) is 5.10 Å². The molecule has 0 saturated carbocycles. The van der Waals surface area contributed by atoms with Crippen LogP contribution in [0.2, 0.25) is 0 Å². The van der Waals surface area contributed by atoms with E-state index in [1.807, 2.05) is 0 Å². The van der Waals surface area contributed by atoms with Crippen LogP contribution in [0.4, 0.5) is 0 Å². The molecule has 9 heavy (non-hydrogen) atoms. The predicted molar refractivity (Wildman–Crippen MR) is 23.3 cm³/mol. The summed E-state index contributed by atoms with van der Waals surface area (Å²) in [4.78, 5) is 13.3. The first-order valence-electron chi connectivity index (χ1n) is 1.90. The molecule has 1 aromatic heterocycles. The van der Waals surface area contributed by atoms with E-state index in [4.69, 9.17) is 5.11 Å². The van der Waals surface area contributed by atoms with Gasteiger partial charge < -0.3 is 5.11 Å². The van der Waals surface area contributed by atoms with E-state index in [2.05, 4.69) is 15.2 Å². The number of hydrogen-bond acceptors (Lipinski definition) is 3. The second-order valence-electron chi connectivity index (χ2n) is 1.13. The van der Waals surface area contributed by atoms with Gasteiger partial charge in [-0.25, -0.2) is 9.78 Å². The Balaban J connectivity index is 0.000000640. The first-order chi connectivity index (χ1) is 3.80. The maximum Gasteiger partial charge on any atom is 0.375 e. The van der Waals surface area contributed by atoms with Gasteiger partial charge in [0.15, 0.2) is 0 Å². The van der Waals surface area contributed by atoms with Crippen molar-refractivity contribution < 1.29 is 27.0 Å². The van der Waals surface area contributed by atoms with Gasteiger partial charge in [-0.1, -0.05) is 0 Å². The molecule has 5 nitrogen and oxygen atoms in total. The van der Waals surface area contributed by atoms with Gasteiger partial charge in [-0.05, 0) is 0 Å². The molecule has 0 amide bonds. The molecule has 0 aliphatic rings. The van der Waals surface area contributed by atoms with Gasteiger partial charge >= 0.3 is 5.97 Å². The molecule has 0 aromatic carbocycles. The summed E-state index contributed by atoms with van der Waals surface area (Å²) >= 11 is 0. The molecule has 2 N–H and O–H groups in total. The molecule has 0 aliphatic heterocycles. The van der Waals surface area contributed by atoms with Crippen LogP contribution in [0.25, 0.3) is 0 Å². The standard InChI is InChI=1S/C3H3N3O2.Cu/c7-3(8)2-4-1-5-6-2;/h1H,(H,7,8)(H,4,5,6);. The van der Waals surface area contributed by atoms with Crippen molar-refractivity contribution in [2.75, 3.05) is 0 Å². The van der Waals surface area contributed by atoms with Crippen molar-refractivity contribution >= 4 is 5.97 Å². The number of aromatic amines is 1. The zero-order valence-electron chi connectivity index (χ0n) is 4.13. The summed E-state index contributed by atoms with van der Waals surface area (Å²) in [7, 11) is 0.